The highest BCUT2D eigenvalue weighted by Gasteiger charge is 2.52. The van der Waals surface area contributed by atoms with Gasteiger partial charge in [0.15, 0.2) is 6.04 Å². The molecule has 0 aromatic carbocycles. The van der Waals surface area contributed by atoms with Gasteiger partial charge in [-0.05, 0) is 9.34 Å². The zero-order valence-corrected chi connectivity index (χ0v) is 13.8. The zero-order valence-electron chi connectivity index (χ0n) is 11.6. The van der Waals surface area contributed by atoms with Crippen LogP contribution in [-0.4, -0.2) is 47.4 Å². The van der Waals surface area contributed by atoms with Gasteiger partial charge in [0.05, 0.1) is 12.6 Å². The van der Waals surface area contributed by atoms with Gasteiger partial charge in [0.1, 0.15) is 23.4 Å². The molecule has 1 fully saturated rings. The molecular weight excluding hydrogens is 375 g/mol. The molecule has 110 valence electrons. The first-order valence-corrected chi connectivity index (χ1v) is 7.17. The lowest BCUT2D eigenvalue weighted by molar-refractivity contribution is 0.0710. The molecule has 0 spiro atoms. The lowest BCUT2D eigenvalue weighted by Gasteiger charge is -2.33. The van der Waals surface area contributed by atoms with E-state index in [4.69, 9.17) is 10.3 Å². The predicted molar refractivity (Wildman–Crippen MR) is 80.6 cm³/mol. The van der Waals surface area contributed by atoms with Crippen LogP contribution in [0.2, 0.25) is 0 Å². The minimum absolute atomic E-state index is 0.210. The van der Waals surface area contributed by atoms with Crippen molar-refractivity contribution < 1.29 is 14.6 Å². The van der Waals surface area contributed by atoms with Gasteiger partial charge >= 0.3 is 6.09 Å². The second-order valence-corrected chi connectivity index (χ2v) is 6.11. The number of hydrogen-bond donors (Lipinski definition) is 2. The van der Waals surface area contributed by atoms with Gasteiger partial charge in [0.25, 0.3) is 0 Å². The van der Waals surface area contributed by atoms with Crippen molar-refractivity contribution in [3.63, 3.8) is 0 Å². The summed E-state index contributed by atoms with van der Waals surface area (Å²) >= 11 is 1.91. The van der Waals surface area contributed by atoms with Crippen LogP contribution in [0, 0.1) is 20.8 Å². The van der Waals surface area contributed by atoms with Crippen LogP contribution in [0.5, 0.6) is 0 Å². The normalized spacial score (nSPS) is 25.6. The third-order valence-electron chi connectivity index (χ3n) is 3.18. The standard InChI is InChI=1S/C12H17IN4O3/c1-12(2,3)10-9(15-16-14)8(20-6-4-5-13)7-17(10)11(18)19/h8-10,14H,6-7H2,1-3H3/p+1/t8-,9+,10?/m1/s1. The van der Waals surface area contributed by atoms with E-state index in [1.54, 1.807) is 0 Å². The zero-order chi connectivity index (χ0) is 15.3. The monoisotopic (exact) mass is 393 g/mol. The Morgan fingerprint density at radius 1 is 1.65 bits per heavy atom. The van der Waals surface area contributed by atoms with E-state index in [1.807, 2.05) is 43.4 Å². The molecule has 0 bridgehead atoms. The molecule has 1 amide bonds. The summed E-state index contributed by atoms with van der Waals surface area (Å²) in [5, 5.41) is 13.2. The van der Waals surface area contributed by atoms with Crippen molar-refractivity contribution >= 4 is 28.7 Å². The number of likely N-dealkylation sites (tertiary alicyclic amines) is 1. The maximum atomic E-state index is 11.4. The Morgan fingerprint density at radius 2 is 2.30 bits per heavy atom. The van der Waals surface area contributed by atoms with Gasteiger partial charge in [-0.25, -0.2) is 4.79 Å². The lowest BCUT2D eigenvalue weighted by Crippen LogP contribution is -2.47. The summed E-state index contributed by atoms with van der Waals surface area (Å²) < 4.78 is 8.28. The Kier molecular flexibility index (Phi) is 5.92. The molecule has 1 heterocycles. The van der Waals surface area contributed by atoms with E-state index in [-0.39, 0.29) is 24.6 Å². The molecule has 3 atom stereocenters. The largest absolute Gasteiger partial charge is 0.465 e. The maximum Gasteiger partial charge on any atom is 0.407 e. The number of ether oxygens (including phenoxy) is 1. The van der Waals surface area contributed by atoms with Crippen LogP contribution in [0.4, 0.5) is 4.79 Å². The molecule has 8 heteroatoms. The Labute approximate surface area is 131 Å². The predicted octanol–water partition coefficient (Wildman–Crippen LogP) is 2.09. The molecule has 2 N–H and O–H groups in total. The van der Waals surface area contributed by atoms with E-state index in [2.05, 4.69) is 19.9 Å². The molecule has 1 aliphatic heterocycles. The Balaban J connectivity index is 3.05. The number of hydrogen-bond acceptors (Lipinski definition) is 4. The third kappa shape index (κ3) is 3.91. The summed E-state index contributed by atoms with van der Waals surface area (Å²) in [5.74, 6) is 2.76. The lowest BCUT2D eigenvalue weighted by atomic mass is 9.82. The van der Waals surface area contributed by atoms with Crippen LogP contribution < -0.4 is 4.91 Å². The first-order valence-electron chi connectivity index (χ1n) is 6.09. The van der Waals surface area contributed by atoms with E-state index in [1.165, 1.54) is 4.90 Å². The average Bonchev–Trinajstić information content (AvgIpc) is 2.69. The second kappa shape index (κ2) is 7.02. The van der Waals surface area contributed by atoms with Crippen LogP contribution in [0.1, 0.15) is 20.8 Å². The molecule has 20 heavy (non-hydrogen) atoms. The average molecular weight is 393 g/mol. The van der Waals surface area contributed by atoms with Gasteiger partial charge in [-0.1, -0.05) is 26.7 Å². The molecule has 0 aromatic heterocycles. The summed E-state index contributed by atoms with van der Waals surface area (Å²) in [6.07, 6.45) is -1.44. The highest BCUT2D eigenvalue weighted by Crippen LogP contribution is 2.35. The molecule has 0 aromatic rings. The smallest absolute Gasteiger partial charge is 0.407 e. The van der Waals surface area contributed by atoms with Crippen molar-refractivity contribution in [2.24, 2.45) is 10.5 Å². The van der Waals surface area contributed by atoms with Gasteiger partial charge in [0, 0.05) is 22.6 Å². The molecule has 1 aliphatic rings. The van der Waals surface area contributed by atoms with Gasteiger partial charge in [-0.15, -0.1) is 0 Å². The molecule has 0 aliphatic carbocycles. The Hall–Kier alpha value is -1.17. The topological polar surface area (TPSA) is 100 Å². The number of nitrogens with zero attached hydrogens (tertiary/aromatic N) is 3. The van der Waals surface area contributed by atoms with Crippen LogP contribution in [-0.2, 0) is 4.74 Å². The molecule has 0 saturated carbocycles. The van der Waals surface area contributed by atoms with E-state index in [0.717, 1.165) is 0 Å². The van der Waals surface area contributed by atoms with Gasteiger partial charge in [0.2, 0.25) is 4.91 Å². The molecule has 7 nitrogen and oxygen atoms in total. The van der Waals surface area contributed by atoms with Gasteiger partial charge < -0.3 is 9.84 Å². The van der Waals surface area contributed by atoms with E-state index in [0.29, 0.717) is 0 Å². The van der Waals surface area contributed by atoms with Crippen molar-refractivity contribution in [2.75, 3.05) is 13.2 Å². The highest BCUT2D eigenvalue weighted by molar-refractivity contribution is 14.1. The van der Waals surface area contributed by atoms with Crippen molar-refractivity contribution in [2.45, 2.75) is 39.0 Å². The van der Waals surface area contributed by atoms with Crippen LogP contribution in [0.3, 0.4) is 0 Å². The SMILES string of the molecule is CC(C)(C)C1[C@@H](N=[N+]=N)[C@H](OCC#CI)CN1C(=O)O. The summed E-state index contributed by atoms with van der Waals surface area (Å²) in [6.45, 7) is 6.24. The summed E-state index contributed by atoms with van der Waals surface area (Å²) in [5.41, 5.74) is 6.62. The number of nitrogens with one attached hydrogen (secondary N) is 1. The van der Waals surface area contributed by atoms with E-state index in [9.17, 15) is 9.90 Å². The fourth-order valence-corrected chi connectivity index (χ4v) is 2.67. The van der Waals surface area contributed by atoms with E-state index >= 15 is 0 Å². The number of carbonyl (C=O) groups is 1. The molecule has 1 unspecified atom stereocenters. The van der Waals surface area contributed by atoms with Gasteiger partial charge in [-0.2, -0.15) is 0 Å². The quantitative estimate of drug-likeness (QED) is 0.332. The summed E-state index contributed by atoms with van der Waals surface area (Å²) in [4.78, 5) is 15.8. The van der Waals surface area contributed by atoms with Crippen molar-refractivity contribution in [3.05, 3.63) is 0 Å². The molecule has 1 rings (SSSR count). The van der Waals surface area contributed by atoms with Gasteiger partial charge in [-0.3, -0.25) is 4.90 Å². The number of rotatable bonds is 3. The number of carboxylic acid groups (broad SMARTS) is 1. The first kappa shape index (κ1) is 16.9. The highest BCUT2D eigenvalue weighted by atomic mass is 127. The maximum absolute atomic E-state index is 11.4. The van der Waals surface area contributed by atoms with Crippen molar-refractivity contribution in [3.8, 4) is 9.85 Å². The van der Waals surface area contributed by atoms with Crippen LogP contribution in [0.25, 0.3) is 0 Å². The van der Waals surface area contributed by atoms with Crippen molar-refractivity contribution in [1.82, 2.24) is 9.81 Å². The fraction of sp³-hybridized carbons (Fsp3) is 0.750. The molecule has 0 radical (unpaired) electrons. The summed E-state index contributed by atoms with van der Waals surface area (Å²) in [7, 11) is 0. The van der Waals surface area contributed by atoms with E-state index < -0.39 is 18.2 Å². The Morgan fingerprint density at radius 3 is 2.75 bits per heavy atom. The van der Waals surface area contributed by atoms with Crippen LogP contribution in [0.15, 0.2) is 5.11 Å². The minimum atomic E-state index is -1.01. The number of halogens is 1. The summed E-state index contributed by atoms with van der Waals surface area (Å²) in [6, 6.07) is -0.869. The number of amides is 1. The first-order chi connectivity index (χ1) is 9.32. The molecular formula is C12H18IN4O3+. The Bertz CT molecular complexity index is 473. The second-order valence-electron chi connectivity index (χ2n) is 5.57. The fourth-order valence-electron chi connectivity index (χ4n) is 2.51. The van der Waals surface area contributed by atoms with Crippen molar-refractivity contribution in [1.29, 1.82) is 5.53 Å². The third-order valence-corrected chi connectivity index (χ3v) is 3.56. The van der Waals surface area contributed by atoms with Crippen LogP contribution >= 0.6 is 22.6 Å². The molecule has 1 saturated heterocycles. The minimum Gasteiger partial charge on any atom is -0.465 e.